The Hall–Kier alpha value is -1.19. The van der Waals surface area contributed by atoms with Gasteiger partial charge in [0, 0.05) is 4.47 Å². The molecule has 1 aliphatic carbocycles. The molecule has 0 aliphatic heterocycles. The van der Waals surface area contributed by atoms with Gasteiger partial charge in [0.25, 0.3) is 0 Å². The first-order valence-corrected chi connectivity index (χ1v) is 7.76. The first kappa shape index (κ1) is 13.8. The summed E-state index contributed by atoms with van der Waals surface area (Å²) in [6, 6.07) is 10.8. The van der Waals surface area contributed by atoms with Crippen LogP contribution in [0.5, 0.6) is 0 Å². The van der Waals surface area contributed by atoms with Gasteiger partial charge in [-0.1, -0.05) is 34.1 Å². The average molecular weight is 334 g/mol. The number of rotatable bonds is 2. The normalized spacial score (nSPS) is 15.8. The molecule has 0 amide bonds. The minimum absolute atomic E-state index is 0.253. The minimum atomic E-state index is -0.299. The van der Waals surface area contributed by atoms with Crippen molar-refractivity contribution >= 4 is 15.9 Å². The highest BCUT2D eigenvalue weighted by Crippen LogP contribution is 2.30. The van der Waals surface area contributed by atoms with Crippen LogP contribution in [0.25, 0.3) is 0 Å². The summed E-state index contributed by atoms with van der Waals surface area (Å²) in [4.78, 5) is 0. The summed E-state index contributed by atoms with van der Waals surface area (Å²) in [6.07, 6.45) is 4.80. The summed E-state index contributed by atoms with van der Waals surface area (Å²) in [7, 11) is 0. The number of hydrogen-bond donors (Lipinski definition) is 1. The molecule has 0 heterocycles. The van der Waals surface area contributed by atoms with Crippen LogP contribution in [-0.4, -0.2) is 0 Å². The van der Waals surface area contributed by atoms with Gasteiger partial charge in [0.15, 0.2) is 0 Å². The van der Waals surface area contributed by atoms with Gasteiger partial charge < -0.3 is 5.73 Å². The third-order valence-corrected chi connectivity index (χ3v) is 4.75. The van der Waals surface area contributed by atoms with E-state index in [4.69, 9.17) is 5.73 Å². The van der Waals surface area contributed by atoms with Crippen molar-refractivity contribution in [3.8, 4) is 0 Å². The topological polar surface area (TPSA) is 26.0 Å². The third-order valence-electron chi connectivity index (χ3n) is 4.02. The Morgan fingerprint density at radius 1 is 1.00 bits per heavy atom. The molecule has 2 aromatic carbocycles. The lowest BCUT2D eigenvalue weighted by molar-refractivity contribution is 0.623. The summed E-state index contributed by atoms with van der Waals surface area (Å²) < 4.78 is 14.3. The molecule has 0 spiro atoms. The molecule has 20 heavy (non-hydrogen) atoms. The fraction of sp³-hybridized carbons (Fsp3) is 0.294. The second-order valence-corrected chi connectivity index (χ2v) is 6.23. The third kappa shape index (κ3) is 2.65. The maximum absolute atomic E-state index is 13.4. The monoisotopic (exact) mass is 333 g/mol. The van der Waals surface area contributed by atoms with Crippen LogP contribution in [0.4, 0.5) is 4.39 Å². The second kappa shape index (κ2) is 5.66. The van der Waals surface area contributed by atoms with E-state index >= 15 is 0 Å². The molecule has 1 atom stereocenters. The van der Waals surface area contributed by atoms with E-state index in [1.165, 1.54) is 36.1 Å². The number of benzene rings is 2. The van der Waals surface area contributed by atoms with Gasteiger partial charge in [-0.05, 0) is 66.1 Å². The number of nitrogens with two attached hydrogens (primary N) is 1. The van der Waals surface area contributed by atoms with Gasteiger partial charge in [-0.3, -0.25) is 0 Å². The zero-order valence-electron chi connectivity index (χ0n) is 11.2. The van der Waals surface area contributed by atoms with Gasteiger partial charge in [0.2, 0.25) is 0 Å². The molecule has 3 rings (SSSR count). The predicted molar refractivity (Wildman–Crippen MR) is 83.2 cm³/mol. The molecule has 2 N–H and O–H groups in total. The largest absolute Gasteiger partial charge is 0.320 e. The maximum atomic E-state index is 13.4. The molecule has 0 radical (unpaired) electrons. The number of hydrogen-bond acceptors (Lipinski definition) is 1. The van der Waals surface area contributed by atoms with Gasteiger partial charge in [-0.2, -0.15) is 0 Å². The summed E-state index contributed by atoms with van der Waals surface area (Å²) >= 11 is 3.46. The Morgan fingerprint density at radius 3 is 2.55 bits per heavy atom. The lowest BCUT2D eigenvalue weighted by Crippen LogP contribution is -2.14. The molecule has 1 aliphatic rings. The van der Waals surface area contributed by atoms with Crippen molar-refractivity contribution in [2.75, 3.05) is 0 Å². The van der Waals surface area contributed by atoms with Crippen LogP contribution in [-0.2, 0) is 12.8 Å². The van der Waals surface area contributed by atoms with Gasteiger partial charge >= 0.3 is 0 Å². The van der Waals surface area contributed by atoms with Crippen molar-refractivity contribution in [3.63, 3.8) is 0 Å². The molecule has 1 nitrogen and oxygen atoms in total. The molecule has 0 aromatic heterocycles. The molecule has 1 unspecified atom stereocenters. The lowest BCUT2D eigenvalue weighted by atomic mass is 9.88. The quantitative estimate of drug-likeness (QED) is 0.859. The molecule has 0 fully saturated rings. The minimum Gasteiger partial charge on any atom is -0.320 e. The summed E-state index contributed by atoms with van der Waals surface area (Å²) in [5, 5.41) is 0. The predicted octanol–water partition coefficient (Wildman–Crippen LogP) is 4.52. The maximum Gasteiger partial charge on any atom is 0.123 e. The van der Waals surface area contributed by atoms with Crippen molar-refractivity contribution in [2.45, 2.75) is 31.7 Å². The van der Waals surface area contributed by atoms with E-state index in [1.54, 1.807) is 6.07 Å². The standard InChI is InChI=1S/C17H17BrFN/c18-16-8-7-14(19)10-15(16)17(20)13-6-5-11-3-1-2-4-12(11)9-13/h5-10,17H,1-4,20H2. The van der Waals surface area contributed by atoms with E-state index in [2.05, 4.69) is 34.1 Å². The van der Waals surface area contributed by atoms with Gasteiger partial charge in [0.05, 0.1) is 6.04 Å². The molecule has 0 saturated carbocycles. The Bertz CT molecular complexity index is 639. The molecule has 0 bridgehead atoms. The van der Waals surface area contributed by atoms with Crippen LogP contribution in [0.15, 0.2) is 40.9 Å². The van der Waals surface area contributed by atoms with Gasteiger partial charge in [0.1, 0.15) is 5.82 Å². The zero-order valence-corrected chi connectivity index (χ0v) is 12.8. The van der Waals surface area contributed by atoms with Crippen molar-refractivity contribution in [3.05, 3.63) is 68.9 Å². The van der Waals surface area contributed by atoms with Crippen LogP contribution in [0.2, 0.25) is 0 Å². The van der Waals surface area contributed by atoms with Crippen molar-refractivity contribution in [1.82, 2.24) is 0 Å². The van der Waals surface area contributed by atoms with E-state index < -0.39 is 0 Å². The average Bonchev–Trinajstić information content (AvgIpc) is 2.48. The van der Waals surface area contributed by atoms with E-state index in [0.717, 1.165) is 28.4 Å². The fourth-order valence-corrected chi connectivity index (χ4v) is 3.37. The Kier molecular flexibility index (Phi) is 3.90. The van der Waals surface area contributed by atoms with Crippen LogP contribution < -0.4 is 5.73 Å². The molecular formula is C17H17BrFN. The SMILES string of the molecule is NC(c1ccc2c(c1)CCCC2)c1cc(F)ccc1Br. The zero-order chi connectivity index (χ0) is 14.1. The molecular weight excluding hydrogens is 317 g/mol. The van der Waals surface area contributed by atoms with Crippen LogP contribution >= 0.6 is 15.9 Å². The van der Waals surface area contributed by atoms with E-state index in [0.29, 0.717) is 0 Å². The first-order valence-electron chi connectivity index (χ1n) is 6.97. The highest BCUT2D eigenvalue weighted by molar-refractivity contribution is 9.10. The number of fused-ring (bicyclic) bond motifs is 1. The van der Waals surface area contributed by atoms with E-state index in [9.17, 15) is 4.39 Å². The first-order chi connectivity index (χ1) is 9.65. The highest BCUT2D eigenvalue weighted by atomic mass is 79.9. The Morgan fingerprint density at radius 2 is 1.75 bits per heavy atom. The van der Waals surface area contributed by atoms with Crippen LogP contribution in [0.1, 0.15) is 41.1 Å². The molecule has 3 heteroatoms. The molecule has 2 aromatic rings. The van der Waals surface area contributed by atoms with Gasteiger partial charge in [-0.25, -0.2) is 4.39 Å². The number of halogens is 2. The fourth-order valence-electron chi connectivity index (χ4n) is 2.88. The second-order valence-electron chi connectivity index (χ2n) is 5.38. The van der Waals surface area contributed by atoms with Crippen molar-refractivity contribution in [2.24, 2.45) is 5.73 Å². The molecule has 0 saturated heterocycles. The van der Waals surface area contributed by atoms with E-state index in [-0.39, 0.29) is 11.9 Å². The van der Waals surface area contributed by atoms with E-state index in [1.807, 2.05) is 0 Å². The van der Waals surface area contributed by atoms with Gasteiger partial charge in [-0.15, -0.1) is 0 Å². The number of aryl methyl sites for hydroxylation is 2. The highest BCUT2D eigenvalue weighted by Gasteiger charge is 2.16. The summed E-state index contributed by atoms with van der Waals surface area (Å²) in [5.41, 5.74) is 11.0. The summed E-state index contributed by atoms with van der Waals surface area (Å²) in [5.74, 6) is -0.253. The van der Waals surface area contributed by atoms with Crippen LogP contribution in [0, 0.1) is 5.82 Å². The molecule has 104 valence electrons. The summed E-state index contributed by atoms with van der Waals surface area (Å²) in [6.45, 7) is 0. The lowest BCUT2D eigenvalue weighted by Gasteiger charge is -2.20. The Labute approximate surface area is 127 Å². The Balaban J connectivity index is 1.97. The van der Waals surface area contributed by atoms with Crippen molar-refractivity contribution in [1.29, 1.82) is 0 Å². The smallest absolute Gasteiger partial charge is 0.123 e. The van der Waals surface area contributed by atoms with Crippen LogP contribution in [0.3, 0.4) is 0 Å². The van der Waals surface area contributed by atoms with Crippen molar-refractivity contribution < 1.29 is 4.39 Å².